The van der Waals surface area contributed by atoms with Crippen LogP contribution in [-0.2, 0) is 9.59 Å². The van der Waals surface area contributed by atoms with Gasteiger partial charge in [-0.2, -0.15) is 0 Å². The molecule has 1 unspecified atom stereocenters. The van der Waals surface area contributed by atoms with Crippen molar-refractivity contribution >= 4 is 39.1 Å². The van der Waals surface area contributed by atoms with Crippen LogP contribution >= 0.6 is 15.9 Å². The Morgan fingerprint density at radius 3 is 2.38 bits per heavy atom. The number of halogens is 1. The van der Waals surface area contributed by atoms with Gasteiger partial charge in [-0.15, -0.1) is 0 Å². The molecular weight excluding hydrogens is 470 g/mol. The van der Waals surface area contributed by atoms with E-state index in [1.165, 1.54) is 4.90 Å². The lowest BCUT2D eigenvalue weighted by Crippen LogP contribution is -2.30. The first-order chi connectivity index (χ1) is 15.3. The van der Waals surface area contributed by atoms with Crippen molar-refractivity contribution in [3.8, 4) is 5.75 Å². The number of aliphatic hydroxyl groups excluding tert-OH is 1. The highest BCUT2D eigenvalue weighted by molar-refractivity contribution is 9.10. The predicted molar refractivity (Wildman–Crippen MR) is 128 cm³/mol. The van der Waals surface area contributed by atoms with Crippen LogP contribution in [-0.4, -0.2) is 23.9 Å². The molecule has 1 fully saturated rings. The number of methoxy groups -OCH3 is 1. The topological polar surface area (TPSA) is 66.8 Å². The van der Waals surface area contributed by atoms with E-state index >= 15 is 0 Å². The SMILES string of the molecule is COc1ccc(/C(O)=C2/C(=O)C(=O)N(c3cc(C)ccc3C)C2c2ccccc2)cc1Br. The molecule has 1 aliphatic rings. The number of carbonyl (C=O) groups excluding carboxylic acids is 2. The normalized spacial score (nSPS) is 17.6. The molecule has 0 aliphatic carbocycles. The van der Waals surface area contributed by atoms with Crippen molar-refractivity contribution in [2.75, 3.05) is 12.0 Å². The van der Waals surface area contributed by atoms with Crippen LogP contribution in [0.2, 0.25) is 0 Å². The zero-order valence-electron chi connectivity index (χ0n) is 17.9. The van der Waals surface area contributed by atoms with E-state index in [9.17, 15) is 14.7 Å². The molecule has 3 aromatic rings. The van der Waals surface area contributed by atoms with Gasteiger partial charge in [0.1, 0.15) is 11.5 Å². The Balaban J connectivity index is 1.96. The van der Waals surface area contributed by atoms with Gasteiger partial charge in [0.15, 0.2) is 0 Å². The number of aryl methyl sites for hydroxylation is 2. The summed E-state index contributed by atoms with van der Waals surface area (Å²) in [6, 6.07) is 19.3. The van der Waals surface area contributed by atoms with E-state index in [-0.39, 0.29) is 11.3 Å². The summed E-state index contributed by atoms with van der Waals surface area (Å²) >= 11 is 3.42. The van der Waals surface area contributed by atoms with Crippen molar-refractivity contribution in [1.82, 2.24) is 0 Å². The van der Waals surface area contributed by atoms with Gasteiger partial charge < -0.3 is 9.84 Å². The molecule has 32 heavy (non-hydrogen) atoms. The molecule has 0 radical (unpaired) electrons. The van der Waals surface area contributed by atoms with Gasteiger partial charge in [-0.05, 0) is 70.7 Å². The number of hydrogen-bond donors (Lipinski definition) is 1. The number of nitrogens with zero attached hydrogens (tertiary/aromatic N) is 1. The predicted octanol–water partition coefficient (Wildman–Crippen LogP) is 5.70. The molecule has 4 rings (SSSR count). The fourth-order valence-corrected chi connectivity index (χ4v) is 4.52. The second kappa shape index (κ2) is 8.63. The number of anilines is 1. The van der Waals surface area contributed by atoms with Crippen LogP contribution in [0.1, 0.15) is 28.3 Å². The van der Waals surface area contributed by atoms with E-state index < -0.39 is 17.7 Å². The number of ether oxygens (including phenoxy) is 1. The average Bonchev–Trinajstić information content (AvgIpc) is 3.06. The Labute approximate surface area is 195 Å². The summed E-state index contributed by atoms with van der Waals surface area (Å²) in [5, 5.41) is 11.2. The summed E-state index contributed by atoms with van der Waals surface area (Å²) in [6.07, 6.45) is 0. The Bertz CT molecular complexity index is 1250. The number of amides is 1. The molecule has 5 nitrogen and oxygen atoms in total. The Hall–Kier alpha value is -3.38. The lowest BCUT2D eigenvalue weighted by atomic mass is 9.95. The second-order valence-corrected chi connectivity index (χ2v) is 8.57. The minimum Gasteiger partial charge on any atom is -0.507 e. The summed E-state index contributed by atoms with van der Waals surface area (Å²) in [5.74, 6) is -1.02. The average molecular weight is 492 g/mol. The Morgan fingerprint density at radius 2 is 1.72 bits per heavy atom. The number of ketones is 1. The molecule has 1 N–H and O–H groups in total. The first-order valence-electron chi connectivity index (χ1n) is 10.1. The Morgan fingerprint density at radius 1 is 1.00 bits per heavy atom. The summed E-state index contributed by atoms with van der Waals surface area (Å²) in [5.41, 5.74) is 3.69. The van der Waals surface area contributed by atoms with Crippen LogP contribution in [0.5, 0.6) is 5.75 Å². The largest absolute Gasteiger partial charge is 0.507 e. The first kappa shape index (κ1) is 21.8. The molecule has 0 bridgehead atoms. The van der Waals surface area contributed by atoms with Crippen LogP contribution < -0.4 is 9.64 Å². The number of hydrogen-bond acceptors (Lipinski definition) is 4. The number of benzene rings is 3. The molecule has 1 heterocycles. The monoisotopic (exact) mass is 491 g/mol. The van der Waals surface area contributed by atoms with Crippen LogP contribution in [0, 0.1) is 13.8 Å². The summed E-state index contributed by atoms with van der Waals surface area (Å²) in [4.78, 5) is 28.0. The standard InChI is InChI=1S/C26H22BrNO4/c1-15-9-10-16(2)20(13-15)28-23(17-7-5-4-6-8-17)22(25(30)26(28)31)24(29)18-11-12-21(32-3)19(27)14-18/h4-14,23,29H,1-3H3/b24-22-. The zero-order valence-corrected chi connectivity index (χ0v) is 19.5. The third-order valence-electron chi connectivity index (χ3n) is 5.61. The van der Waals surface area contributed by atoms with Crippen molar-refractivity contribution in [2.24, 2.45) is 0 Å². The van der Waals surface area contributed by atoms with E-state index in [1.807, 2.05) is 62.4 Å². The van der Waals surface area contributed by atoms with Crippen molar-refractivity contribution in [2.45, 2.75) is 19.9 Å². The molecule has 1 atom stereocenters. The van der Waals surface area contributed by atoms with Gasteiger partial charge in [-0.25, -0.2) is 0 Å². The number of rotatable bonds is 4. The molecule has 1 saturated heterocycles. The third-order valence-corrected chi connectivity index (χ3v) is 6.23. The summed E-state index contributed by atoms with van der Waals surface area (Å²) < 4.78 is 5.89. The maximum absolute atomic E-state index is 13.3. The van der Waals surface area contributed by atoms with Gasteiger partial charge in [0.2, 0.25) is 0 Å². The van der Waals surface area contributed by atoms with Gasteiger partial charge in [0, 0.05) is 11.3 Å². The number of aliphatic hydroxyl groups is 1. The van der Waals surface area contributed by atoms with Gasteiger partial charge >= 0.3 is 0 Å². The highest BCUT2D eigenvalue weighted by atomic mass is 79.9. The van der Waals surface area contributed by atoms with E-state index in [0.29, 0.717) is 21.5 Å². The second-order valence-electron chi connectivity index (χ2n) is 7.72. The maximum Gasteiger partial charge on any atom is 0.300 e. The van der Waals surface area contributed by atoms with E-state index in [4.69, 9.17) is 4.74 Å². The fourth-order valence-electron chi connectivity index (χ4n) is 3.98. The molecular formula is C26H22BrNO4. The number of carbonyl (C=O) groups is 2. The lowest BCUT2D eigenvalue weighted by Gasteiger charge is -2.27. The molecule has 6 heteroatoms. The molecule has 1 aliphatic heterocycles. The van der Waals surface area contributed by atoms with E-state index in [0.717, 1.165) is 16.7 Å². The van der Waals surface area contributed by atoms with Crippen LogP contribution in [0.25, 0.3) is 5.76 Å². The van der Waals surface area contributed by atoms with Gasteiger partial charge in [-0.1, -0.05) is 42.5 Å². The molecule has 0 aromatic heterocycles. The quantitative estimate of drug-likeness (QED) is 0.288. The van der Waals surface area contributed by atoms with Crippen LogP contribution in [0.4, 0.5) is 5.69 Å². The van der Waals surface area contributed by atoms with Gasteiger partial charge in [-0.3, -0.25) is 14.5 Å². The smallest absolute Gasteiger partial charge is 0.300 e. The first-order valence-corrected chi connectivity index (χ1v) is 10.9. The van der Waals surface area contributed by atoms with Gasteiger partial charge in [0.25, 0.3) is 11.7 Å². The summed E-state index contributed by atoms with van der Waals surface area (Å²) in [7, 11) is 1.55. The molecule has 3 aromatic carbocycles. The molecule has 0 saturated carbocycles. The highest BCUT2D eigenvalue weighted by Gasteiger charge is 2.47. The minimum atomic E-state index is -0.752. The van der Waals surface area contributed by atoms with Crippen molar-refractivity contribution in [3.05, 3.63) is 99.0 Å². The van der Waals surface area contributed by atoms with Crippen molar-refractivity contribution in [3.63, 3.8) is 0 Å². The van der Waals surface area contributed by atoms with Crippen molar-refractivity contribution in [1.29, 1.82) is 0 Å². The van der Waals surface area contributed by atoms with E-state index in [1.54, 1.807) is 25.3 Å². The van der Waals surface area contributed by atoms with Crippen LogP contribution in [0.3, 0.4) is 0 Å². The van der Waals surface area contributed by atoms with Crippen LogP contribution in [0.15, 0.2) is 76.8 Å². The third kappa shape index (κ3) is 3.71. The maximum atomic E-state index is 13.3. The van der Waals surface area contributed by atoms with Crippen molar-refractivity contribution < 1.29 is 19.4 Å². The van der Waals surface area contributed by atoms with E-state index in [2.05, 4.69) is 15.9 Å². The fraction of sp³-hybridized carbons (Fsp3) is 0.154. The zero-order chi connectivity index (χ0) is 23.0. The molecule has 162 valence electrons. The highest BCUT2D eigenvalue weighted by Crippen LogP contribution is 2.43. The lowest BCUT2D eigenvalue weighted by molar-refractivity contribution is -0.132. The van der Waals surface area contributed by atoms with Gasteiger partial charge in [0.05, 0.1) is 23.2 Å². The summed E-state index contributed by atoms with van der Waals surface area (Å²) in [6.45, 7) is 3.84. The number of Topliss-reactive ketones (excluding diaryl/α,β-unsaturated/α-hetero) is 1. The Kier molecular flexibility index (Phi) is 5.89. The molecule has 0 spiro atoms. The molecule has 1 amide bonds. The minimum absolute atomic E-state index is 0.0548.